The zero-order chi connectivity index (χ0) is 27.2. The third kappa shape index (κ3) is 7.17. The van der Waals surface area contributed by atoms with Gasteiger partial charge in [-0.25, -0.2) is 13.4 Å². The standard InChI is InChI=1S/C28H34N6O3S2/c1-21-16-23(5-6-26(21)37-24-7-10-34-11-8-30-27(34)18-24)31-19-22-17-25(38-28(22)32-20-29-2)4-3-9-33-12-14-39(35,36)15-13-33/h5-8,10-11,16-18,20,31H,3-4,9,12-15,19H2,1-2H3,(H,29,32). The molecule has 4 heterocycles. The van der Waals surface area contributed by atoms with Crippen LogP contribution in [-0.2, 0) is 22.8 Å². The van der Waals surface area contributed by atoms with Gasteiger partial charge in [-0.05, 0) is 62.2 Å². The van der Waals surface area contributed by atoms with Crippen LogP contribution in [0.15, 0.2) is 60.0 Å². The van der Waals surface area contributed by atoms with Crippen LogP contribution in [0.25, 0.3) is 5.65 Å². The first-order valence-electron chi connectivity index (χ1n) is 13.1. The van der Waals surface area contributed by atoms with Crippen LogP contribution in [-0.4, -0.2) is 67.2 Å². The summed E-state index contributed by atoms with van der Waals surface area (Å²) >= 11 is 1.75. The predicted molar refractivity (Wildman–Crippen MR) is 160 cm³/mol. The minimum atomic E-state index is -2.84. The highest BCUT2D eigenvalue weighted by atomic mass is 32.2. The van der Waals surface area contributed by atoms with Crippen molar-refractivity contribution in [1.29, 1.82) is 0 Å². The number of aryl methyl sites for hydroxylation is 2. The van der Waals surface area contributed by atoms with Gasteiger partial charge in [-0.15, -0.1) is 11.3 Å². The van der Waals surface area contributed by atoms with Crippen molar-refractivity contribution in [1.82, 2.24) is 14.3 Å². The van der Waals surface area contributed by atoms with Crippen molar-refractivity contribution in [3.63, 3.8) is 0 Å². The molecule has 1 aliphatic rings. The van der Waals surface area contributed by atoms with Gasteiger partial charge >= 0.3 is 0 Å². The average molecular weight is 567 g/mol. The number of imidazole rings is 1. The van der Waals surface area contributed by atoms with Crippen molar-refractivity contribution in [2.24, 2.45) is 4.99 Å². The Hall–Kier alpha value is -3.41. The highest BCUT2D eigenvalue weighted by molar-refractivity contribution is 7.91. The number of thiophene rings is 1. The number of anilines is 2. The summed E-state index contributed by atoms with van der Waals surface area (Å²) in [6, 6.07) is 12.2. The third-order valence-corrected chi connectivity index (χ3v) is 9.55. The van der Waals surface area contributed by atoms with Gasteiger partial charge in [-0.1, -0.05) is 0 Å². The van der Waals surface area contributed by atoms with Gasteiger partial charge in [0.05, 0.1) is 22.8 Å². The van der Waals surface area contributed by atoms with E-state index in [0.717, 1.165) is 52.8 Å². The highest BCUT2D eigenvalue weighted by Crippen LogP contribution is 2.31. The summed E-state index contributed by atoms with van der Waals surface area (Å²) in [5.41, 5.74) is 4.09. The molecule has 9 nitrogen and oxygen atoms in total. The maximum atomic E-state index is 11.7. The first-order valence-corrected chi connectivity index (χ1v) is 15.7. The van der Waals surface area contributed by atoms with E-state index in [1.165, 1.54) is 10.4 Å². The molecule has 0 radical (unpaired) electrons. The van der Waals surface area contributed by atoms with Crippen LogP contribution in [0, 0.1) is 6.92 Å². The molecule has 4 aromatic rings. The quantitative estimate of drug-likeness (QED) is 0.198. The molecule has 5 rings (SSSR count). The van der Waals surface area contributed by atoms with Crippen LogP contribution in [0.4, 0.5) is 10.7 Å². The Morgan fingerprint density at radius 3 is 2.79 bits per heavy atom. The highest BCUT2D eigenvalue weighted by Gasteiger charge is 2.21. The summed E-state index contributed by atoms with van der Waals surface area (Å²) in [4.78, 5) is 12.0. The number of hydrogen-bond acceptors (Lipinski definition) is 8. The summed E-state index contributed by atoms with van der Waals surface area (Å²) in [6.45, 7) is 4.93. The monoisotopic (exact) mass is 566 g/mol. The van der Waals surface area contributed by atoms with E-state index in [1.807, 2.05) is 48.0 Å². The van der Waals surface area contributed by atoms with Gasteiger partial charge < -0.3 is 24.7 Å². The first kappa shape index (κ1) is 27.2. The summed E-state index contributed by atoms with van der Waals surface area (Å²) in [5, 5.41) is 7.94. The number of aliphatic imine (C=N–C) groups is 1. The van der Waals surface area contributed by atoms with Gasteiger partial charge in [-0.3, -0.25) is 4.99 Å². The normalized spacial score (nSPS) is 15.6. The second-order valence-corrected chi connectivity index (χ2v) is 13.1. The molecule has 1 aromatic carbocycles. The Balaban J connectivity index is 1.18. The van der Waals surface area contributed by atoms with E-state index in [-0.39, 0.29) is 11.5 Å². The Bertz CT molecular complexity index is 1550. The summed E-state index contributed by atoms with van der Waals surface area (Å²) in [7, 11) is -1.09. The molecule has 0 aliphatic carbocycles. The van der Waals surface area contributed by atoms with Crippen molar-refractivity contribution in [2.75, 3.05) is 48.8 Å². The summed E-state index contributed by atoms with van der Waals surface area (Å²) in [5.74, 6) is 2.11. The van der Waals surface area contributed by atoms with Crippen LogP contribution in [0.3, 0.4) is 0 Å². The van der Waals surface area contributed by atoms with Crippen LogP contribution >= 0.6 is 11.3 Å². The van der Waals surface area contributed by atoms with E-state index in [9.17, 15) is 8.42 Å². The fourth-order valence-corrected chi connectivity index (χ4v) is 6.95. The van der Waals surface area contributed by atoms with Crippen molar-refractivity contribution in [3.05, 3.63) is 71.0 Å². The second kappa shape index (κ2) is 12.2. The van der Waals surface area contributed by atoms with E-state index in [0.29, 0.717) is 19.6 Å². The van der Waals surface area contributed by atoms with Gasteiger partial charge in [0, 0.05) is 67.5 Å². The maximum absolute atomic E-state index is 11.7. The van der Waals surface area contributed by atoms with Crippen LogP contribution < -0.4 is 15.4 Å². The molecule has 11 heteroatoms. The lowest BCUT2D eigenvalue weighted by molar-refractivity contribution is 0.292. The second-order valence-electron chi connectivity index (χ2n) is 9.69. The van der Waals surface area contributed by atoms with Crippen molar-refractivity contribution >= 4 is 43.8 Å². The van der Waals surface area contributed by atoms with E-state index in [1.54, 1.807) is 30.9 Å². The number of hydrogen-bond donors (Lipinski definition) is 2. The van der Waals surface area contributed by atoms with E-state index in [2.05, 4.69) is 37.6 Å². The molecule has 0 bridgehead atoms. The van der Waals surface area contributed by atoms with Gasteiger partial charge in [0.15, 0.2) is 9.84 Å². The van der Waals surface area contributed by atoms with Crippen LogP contribution in [0.2, 0.25) is 0 Å². The molecule has 2 N–H and O–H groups in total. The fourth-order valence-electron chi connectivity index (χ4n) is 4.59. The van der Waals surface area contributed by atoms with Gasteiger partial charge in [0.1, 0.15) is 17.1 Å². The molecule has 3 aromatic heterocycles. The Morgan fingerprint density at radius 1 is 1.15 bits per heavy atom. The minimum Gasteiger partial charge on any atom is -0.457 e. The SMILES string of the molecule is CN=CNc1sc(CCCN2CCS(=O)(=O)CC2)cc1CNc1ccc(Oc2ccn3ccnc3c2)c(C)c1. The summed E-state index contributed by atoms with van der Waals surface area (Å²) in [6.07, 6.45) is 9.29. The molecule has 0 amide bonds. The largest absolute Gasteiger partial charge is 0.457 e. The zero-order valence-corrected chi connectivity index (χ0v) is 23.9. The molecule has 1 aliphatic heterocycles. The van der Waals surface area contributed by atoms with Crippen LogP contribution in [0.5, 0.6) is 11.5 Å². The molecule has 0 unspecified atom stereocenters. The first-order chi connectivity index (χ1) is 18.9. The zero-order valence-electron chi connectivity index (χ0n) is 22.3. The Labute approximate surface area is 233 Å². The maximum Gasteiger partial charge on any atom is 0.152 e. The number of nitrogens with one attached hydrogen (secondary N) is 2. The molecule has 1 saturated heterocycles. The Morgan fingerprint density at radius 2 is 2.00 bits per heavy atom. The topological polar surface area (TPSA) is 100 Å². The van der Waals surface area contributed by atoms with Gasteiger partial charge in [0.25, 0.3) is 0 Å². The number of nitrogens with zero attached hydrogens (tertiary/aromatic N) is 4. The van der Waals surface area contributed by atoms with Crippen molar-refractivity contribution < 1.29 is 13.2 Å². The molecule has 0 saturated carbocycles. The number of benzene rings is 1. The van der Waals surface area contributed by atoms with Crippen molar-refractivity contribution in [2.45, 2.75) is 26.3 Å². The van der Waals surface area contributed by atoms with Gasteiger partial charge in [-0.2, -0.15) is 0 Å². The number of fused-ring (bicyclic) bond motifs is 1. The molecule has 0 spiro atoms. The van der Waals surface area contributed by atoms with E-state index >= 15 is 0 Å². The molecular weight excluding hydrogens is 532 g/mol. The smallest absolute Gasteiger partial charge is 0.152 e. The lowest BCUT2D eigenvalue weighted by Gasteiger charge is -2.26. The predicted octanol–water partition coefficient (Wildman–Crippen LogP) is 4.84. The molecule has 39 heavy (non-hydrogen) atoms. The third-order valence-electron chi connectivity index (χ3n) is 6.77. The molecule has 0 atom stereocenters. The summed E-state index contributed by atoms with van der Waals surface area (Å²) < 4.78 is 31.4. The van der Waals surface area contributed by atoms with E-state index < -0.39 is 9.84 Å². The molecular formula is C28H34N6O3S2. The minimum absolute atomic E-state index is 0.278. The number of ether oxygens (including phenoxy) is 1. The number of pyridine rings is 1. The van der Waals surface area contributed by atoms with E-state index in [4.69, 9.17) is 4.74 Å². The number of aromatic nitrogens is 2. The Kier molecular flexibility index (Phi) is 8.49. The number of rotatable bonds is 11. The lowest BCUT2D eigenvalue weighted by atomic mass is 10.2. The number of sulfone groups is 1. The van der Waals surface area contributed by atoms with Crippen molar-refractivity contribution in [3.8, 4) is 11.5 Å². The van der Waals surface area contributed by atoms with Gasteiger partial charge in [0.2, 0.25) is 0 Å². The fraction of sp³-hybridized carbons (Fsp3) is 0.357. The molecule has 206 valence electrons. The lowest BCUT2D eigenvalue weighted by Crippen LogP contribution is -2.40. The van der Waals surface area contributed by atoms with Crippen LogP contribution in [0.1, 0.15) is 22.4 Å². The molecule has 1 fully saturated rings. The average Bonchev–Trinajstić information content (AvgIpc) is 3.55.